The zero-order chi connectivity index (χ0) is 14.3. The minimum atomic E-state index is 0.887. The van der Waals surface area contributed by atoms with Crippen molar-refractivity contribution < 1.29 is 0 Å². The van der Waals surface area contributed by atoms with Gasteiger partial charge in [0.15, 0.2) is 0 Å². The zero-order valence-electron chi connectivity index (χ0n) is 12.5. The quantitative estimate of drug-likeness (QED) is 0.796. The number of aromatic nitrogens is 2. The summed E-state index contributed by atoms with van der Waals surface area (Å²) in [6.45, 7) is 6.24. The van der Waals surface area contributed by atoms with Gasteiger partial charge in [-0.25, -0.2) is 9.97 Å². The Balaban J connectivity index is 2.93. The first-order chi connectivity index (χ1) is 9.08. The Labute approximate surface area is 125 Å². The molecule has 0 unspecified atom stereocenters. The van der Waals surface area contributed by atoms with E-state index in [1.807, 2.05) is 0 Å². The van der Waals surface area contributed by atoms with Crippen molar-refractivity contribution in [1.82, 2.24) is 14.9 Å². The van der Waals surface area contributed by atoms with Crippen LogP contribution in [0.2, 0.25) is 0 Å². The number of rotatable bonds is 8. The zero-order valence-corrected chi connectivity index (χ0v) is 14.0. The second kappa shape index (κ2) is 8.48. The molecule has 0 aliphatic heterocycles. The molecule has 1 aromatic heterocycles. The highest BCUT2D eigenvalue weighted by atomic mass is 79.9. The molecule has 5 heteroatoms. The lowest BCUT2D eigenvalue weighted by Crippen LogP contribution is -2.17. The topological polar surface area (TPSA) is 41.1 Å². The maximum atomic E-state index is 4.68. The van der Waals surface area contributed by atoms with Crippen LogP contribution in [0.5, 0.6) is 0 Å². The molecule has 4 nitrogen and oxygen atoms in total. The standard InChI is InChI=1S/C14H25BrN4/c1-5-7-11-13(15)14(16-9-6-2)18-12(17-11)8-10-19(3)4/h5-10H2,1-4H3,(H,16,17,18). The van der Waals surface area contributed by atoms with Crippen LogP contribution in [0.3, 0.4) is 0 Å². The summed E-state index contributed by atoms with van der Waals surface area (Å²) in [6.07, 6.45) is 4.05. The van der Waals surface area contributed by atoms with Gasteiger partial charge in [0.25, 0.3) is 0 Å². The fourth-order valence-corrected chi connectivity index (χ4v) is 2.26. The minimum Gasteiger partial charge on any atom is -0.369 e. The molecule has 108 valence electrons. The molecule has 1 heterocycles. The van der Waals surface area contributed by atoms with E-state index in [0.717, 1.165) is 60.6 Å². The largest absolute Gasteiger partial charge is 0.369 e. The molecule has 0 radical (unpaired) electrons. The molecule has 0 bridgehead atoms. The average molecular weight is 329 g/mol. The lowest BCUT2D eigenvalue weighted by atomic mass is 10.2. The molecule has 0 atom stereocenters. The van der Waals surface area contributed by atoms with Crippen LogP contribution in [0.1, 0.15) is 38.2 Å². The molecule has 1 rings (SSSR count). The summed E-state index contributed by atoms with van der Waals surface area (Å²) in [4.78, 5) is 11.5. The van der Waals surface area contributed by atoms with Crippen molar-refractivity contribution in [3.63, 3.8) is 0 Å². The third-order valence-electron chi connectivity index (χ3n) is 2.78. The number of nitrogens with one attached hydrogen (secondary N) is 1. The predicted molar refractivity (Wildman–Crippen MR) is 84.8 cm³/mol. The SMILES string of the molecule is CCCNc1nc(CCN(C)C)nc(CCC)c1Br. The molecular weight excluding hydrogens is 304 g/mol. The van der Waals surface area contributed by atoms with E-state index in [2.05, 4.69) is 64.1 Å². The molecule has 19 heavy (non-hydrogen) atoms. The monoisotopic (exact) mass is 328 g/mol. The summed E-state index contributed by atoms with van der Waals surface area (Å²) in [5.41, 5.74) is 1.12. The van der Waals surface area contributed by atoms with Gasteiger partial charge < -0.3 is 10.2 Å². The molecular formula is C14H25BrN4. The van der Waals surface area contributed by atoms with Crippen molar-refractivity contribution in [2.24, 2.45) is 0 Å². The summed E-state index contributed by atoms with van der Waals surface area (Å²) in [6, 6.07) is 0. The van der Waals surface area contributed by atoms with Gasteiger partial charge in [-0.05, 0) is 42.9 Å². The van der Waals surface area contributed by atoms with Crippen LogP contribution in [-0.4, -0.2) is 42.1 Å². The molecule has 0 saturated carbocycles. The van der Waals surface area contributed by atoms with Crippen molar-refractivity contribution in [1.29, 1.82) is 0 Å². The maximum Gasteiger partial charge on any atom is 0.144 e. The van der Waals surface area contributed by atoms with E-state index in [9.17, 15) is 0 Å². The fraction of sp³-hybridized carbons (Fsp3) is 0.714. The highest BCUT2D eigenvalue weighted by molar-refractivity contribution is 9.10. The lowest BCUT2D eigenvalue weighted by Gasteiger charge is -2.14. The normalized spacial score (nSPS) is 11.1. The lowest BCUT2D eigenvalue weighted by molar-refractivity contribution is 0.409. The second-order valence-corrected chi connectivity index (χ2v) is 5.77. The van der Waals surface area contributed by atoms with Crippen LogP contribution in [0.25, 0.3) is 0 Å². The first-order valence-corrected chi connectivity index (χ1v) is 7.81. The number of hydrogen-bond donors (Lipinski definition) is 1. The van der Waals surface area contributed by atoms with E-state index in [-0.39, 0.29) is 0 Å². The van der Waals surface area contributed by atoms with Crippen LogP contribution in [0.15, 0.2) is 4.47 Å². The van der Waals surface area contributed by atoms with E-state index in [1.165, 1.54) is 0 Å². The predicted octanol–water partition coefficient (Wildman–Crippen LogP) is 3.12. The van der Waals surface area contributed by atoms with Crippen molar-refractivity contribution in [2.75, 3.05) is 32.5 Å². The smallest absolute Gasteiger partial charge is 0.144 e. The molecule has 0 amide bonds. The Hall–Kier alpha value is -0.680. The number of likely N-dealkylation sites (N-methyl/N-ethyl adjacent to an activating group) is 1. The van der Waals surface area contributed by atoms with Crippen LogP contribution in [-0.2, 0) is 12.8 Å². The molecule has 0 aliphatic carbocycles. The van der Waals surface area contributed by atoms with Gasteiger partial charge in [0, 0.05) is 19.5 Å². The van der Waals surface area contributed by atoms with Gasteiger partial charge in [-0.2, -0.15) is 0 Å². The fourth-order valence-electron chi connectivity index (χ4n) is 1.74. The van der Waals surface area contributed by atoms with Gasteiger partial charge in [0.05, 0.1) is 10.2 Å². The van der Waals surface area contributed by atoms with E-state index in [0.29, 0.717) is 0 Å². The average Bonchev–Trinajstić information content (AvgIpc) is 2.38. The highest BCUT2D eigenvalue weighted by Crippen LogP contribution is 2.25. The minimum absolute atomic E-state index is 0.887. The number of nitrogens with zero attached hydrogens (tertiary/aromatic N) is 3. The third kappa shape index (κ3) is 5.45. The summed E-state index contributed by atoms with van der Waals surface area (Å²) in [5, 5.41) is 3.38. The molecule has 0 saturated heterocycles. The molecule has 0 spiro atoms. The van der Waals surface area contributed by atoms with E-state index >= 15 is 0 Å². The van der Waals surface area contributed by atoms with Gasteiger partial charge >= 0.3 is 0 Å². The first kappa shape index (κ1) is 16.4. The Morgan fingerprint density at radius 3 is 2.42 bits per heavy atom. The van der Waals surface area contributed by atoms with Gasteiger partial charge in [-0.3, -0.25) is 0 Å². The highest BCUT2D eigenvalue weighted by Gasteiger charge is 2.11. The molecule has 0 fully saturated rings. The van der Waals surface area contributed by atoms with E-state index in [1.54, 1.807) is 0 Å². The van der Waals surface area contributed by atoms with Gasteiger partial charge in [-0.15, -0.1) is 0 Å². The summed E-state index contributed by atoms with van der Waals surface area (Å²) < 4.78 is 1.02. The van der Waals surface area contributed by atoms with Crippen LogP contribution >= 0.6 is 15.9 Å². The van der Waals surface area contributed by atoms with Crippen molar-refractivity contribution in [2.45, 2.75) is 39.5 Å². The van der Waals surface area contributed by atoms with Gasteiger partial charge in [0.2, 0.25) is 0 Å². The summed E-state index contributed by atoms with van der Waals surface area (Å²) in [7, 11) is 4.14. The molecule has 1 aromatic rings. The Kier molecular flexibility index (Phi) is 7.31. The van der Waals surface area contributed by atoms with Gasteiger partial charge in [-0.1, -0.05) is 20.3 Å². The number of anilines is 1. The Morgan fingerprint density at radius 2 is 1.84 bits per heavy atom. The second-order valence-electron chi connectivity index (χ2n) is 4.98. The maximum absolute atomic E-state index is 4.68. The van der Waals surface area contributed by atoms with Crippen molar-refractivity contribution in [3.05, 3.63) is 16.0 Å². The summed E-state index contributed by atoms with van der Waals surface area (Å²) >= 11 is 3.63. The number of aryl methyl sites for hydroxylation is 1. The van der Waals surface area contributed by atoms with E-state index in [4.69, 9.17) is 0 Å². The third-order valence-corrected chi connectivity index (χ3v) is 3.61. The number of halogens is 1. The van der Waals surface area contributed by atoms with Crippen LogP contribution in [0.4, 0.5) is 5.82 Å². The summed E-state index contributed by atoms with van der Waals surface area (Å²) in [5.74, 6) is 1.87. The van der Waals surface area contributed by atoms with Gasteiger partial charge in [0.1, 0.15) is 11.6 Å². The van der Waals surface area contributed by atoms with Crippen molar-refractivity contribution in [3.8, 4) is 0 Å². The Bertz CT molecular complexity index is 393. The molecule has 1 N–H and O–H groups in total. The van der Waals surface area contributed by atoms with Crippen LogP contribution < -0.4 is 5.32 Å². The number of hydrogen-bond acceptors (Lipinski definition) is 4. The van der Waals surface area contributed by atoms with Crippen molar-refractivity contribution >= 4 is 21.7 Å². The first-order valence-electron chi connectivity index (χ1n) is 7.02. The van der Waals surface area contributed by atoms with E-state index < -0.39 is 0 Å². The molecule has 0 aliphatic rings. The Morgan fingerprint density at radius 1 is 1.11 bits per heavy atom. The van der Waals surface area contributed by atoms with Crippen LogP contribution in [0, 0.1) is 0 Å². The molecule has 0 aromatic carbocycles.